The first-order chi connectivity index (χ1) is 15.3. The van der Waals surface area contributed by atoms with Crippen LogP contribution < -0.4 is 10.5 Å². The molecule has 11 heteroatoms. The standard InChI is InChI=1S/C21H21F3N4O3S/c1-27(30-2)20(29)28-21(32-19(26-28)15-9-13(22)3-5-17(15)24)12(7-8-25)11-31-18-6-4-14(23)10-16(18)21/h3-6,9-10,12H,7-8,11,25H2,1-2H3. The number of rotatable bonds is 4. The molecule has 2 aliphatic rings. The van der Waals surface area contributed by atoms with Crippen LogP contribution in [-0.2, 0) is 9.71 Å². The third-order valence-corrected chi connectivity index (χ3v) is 7.01. The van der Waals surface area contributed by atoms with E-state index < -0.39 is 34.3 Å². The molecule has 2 amide bonds. The lowest BCUT2D eigenvalue weighted by atomic mass is 9.86. The third kappa shape index (κ3) is 3.59. The molecule has 0 fully saturated rings. The SMILES string of the molecule is CON(C)C(=O)N1N=C(c2cc(F)ccc2F)SC12c1cc(F)ccc1OCC2CCN. The molecule has 32 heavy (non-hydrogen) atoms. The minimum Gasteiger partial charge on any atom is -0.493 e. The third-order valence-electron chi connectivity index (χ3n) is 5.48. The Bertz CT molecular complexity index is 1090. The van der Waals surface area contributed by atoms with Crippen LogP contribution in [0.4, 0.5) is 18.0 Å². The fraction of sp³-hybridized carbons (Fsp3) is 0.333. The van der Waals surface area contributed by atoms with Crippen molar-refractivity contribution >= 4 is 22.8 Å². The molecule has 0 saturated heterocycles. The van der Waals surface area contributed by atoms with Crippen molar-refractivity contribution < 1.29 is 27.5 Å². The number of halogens is 3. The normalized spacial score (nSPS) is 21.9. The average Bonchev–Trinajstić information content (AvgIpc) is 3.17. The molecule has 2 heterocycles. The summed E-state index contributed by atoms with van der Waals surface area (Å²) in [4.78, 5) is 17.0. The number of nitrogens with two attached hydrogens (primary N) is 1. The van der Waals surface area contributed by atoms with Gasteiger partial charge in [-0.05, 0) is 49.4 Å². The molecule has 2 atom stereocenters. The number of hydrogen-bond acceptors (Lipinski definition) is 6. The van der Waals surface area contributed by atoms with E-state index in [2.05, 4.69) is 5.10 Å². The first kappa shape index (κ1) is 22.4. The highest BCUT2D eigenvalue weighted by atomic mass is 32.2. The fourth-order valence-corrected chi connectivity index (χ4v) is 5.39. The second-order valence-corrected chi connectivity index (χ2v) is 8.54. The number of hydroxylamine groups is 2. The van der Waals surface area contributed by atoms with E-state index in [1.54, 1.807) is 0 Å². The van der Waals surface area contributed by atoms with Crippen LogP contribution >= 0.6 is 11.8 Å². The summed E-state index contributed by atoms with van der Waals surface area (Å²) in [5.41, 5.74) is 6.07. The van der Waals surface area contributed by atoms with E-state index in [4.69, 9.17) is 15.3 Å². The van der Waals surface area contributed by atoms with Gasteiger partial charge in [0, 0.05) is 24.1 Å². The van der Waals surface area contributed by atoms with Crippen LogP contribution in [-0.4, -0.2) is 48.5 Å². The maximum atomic E-state index is 14.6. The number of ether oxygens (including phenoxy) is 1. The molecule has 0 aliphatic carbocycles. The Labute approximate surface area is 186 Å². The van der Waals surface area contributed by atoms with Gasteiger partial charge in [0.15, 0.2) is 4.87 Å². The summed E-state index contributed by atoms with van der Waals surface area (Å²) in [5.74, 6) is -1.97. The molecule has 2 N–H and O–H groups in total. The van der Waals surface area contributed by atoms with Gasteiger partial charge in [-0.15, -0.1) is 0 Å². The summed E-state index contributed by atoms with van der Waals surface area (Å²) in [6.45, 7) is 0.421. The van der Waals surface area contributed by atoms with Gasteiger partial charge >= 0.3 is 6.03 Å². The number of nitrogens with zero attached hydrogens (tertiary/aromatic N) is 3. The van der Waals surface area contributed by atoms with Gasteiger partial charge in [-0.1, -0.05) is 11.8 Å². The Balaban J connectivity index is 1.94. The van der Waals surface area contributed by atoms with Gasteiger partial charge in [0.2, 0.25) is 0 Å². The largest absolute Gasteiger partial charge is 0.493 e. The van der Waals surface area contributed by atoms with Gasteiger partial charge in [-0.3, -0.25) is 4.84 Å². The number of carbonyl (C=O) groups is 1. The quantitative estimate of drug-likeness (QED) is 0.696. The number of thioether (sulfide) groups is 1. The van der Waals surface area contributed by atoms with Gasteiger partial charge < -0.3 is 10.5 Å². The lowest BCUT2D eigenvalue weighted by Crippen LogP contribution is -2.54. The number of hydrogen-bond donors (Lipinski definition) is 1. The van der Waals surface area contributed by atoms with Crippen molar-refractivity contribution in [2.45, 2.75) is 11.3 Å². The van der Waals surface area contributed by atoms with Crippen LogP contribution in [0.2, 0.25) is 0 Å². The van der Waals surface area contributed by atoms with E-state index in [0.717, 1.165) is 40.0 Å². The zero-order valence-electron chi connectivity index (χ0n) is 17.3. The molecule has 2 aliphatic heterocycles. The molecular formula is C21H21F3N4O3S. The summed E-state index contributed by atoms with van der Waals surface area (Å²) < 4.78 is 48.8. The van der Waals surface area contributed by atoms with Crippen molar-refractivity contribution in [3.8, 4) is 5.75 Å². The number of carbonyl (C=O) groups excluding carboxylic acids is 1. The molecule has 0 radical (unpaired) electrons. The second kappa shape index (κ2) is 8.64. The molecule has 2 unspecified atom stereocenters. The van der Waals surface area contributed by atoms with Gasteiger partial charge in [0.1, 0.15) is 28.2 Å². The number of hydrazone groups is 1. The zero-order chi connectivity index (χ0) is 23.0. The highest BCUT2D eigenvalue weighted by Gasteiger charge is 2.58. The Hall–Kier alpha value is -2.76. The minimum atomic E-state index is -1.31. The van der Waals surface area contributed by atoms with E-state index in [9.17, 15) is 18.0 Å². The molecule has 170 valence electrons. The van der Waals surface area contributed by atoms with E-state index >= 15 is 0 Å². The van der Waals surface area contributed by atoms with E-state index in [1.807, 2.05) is 0 Å². The van der Waals surface area contributed by atoms with Crippen LogP contribution in [0.5, 0.6) is 5.75 Å². The summed E-state index contributed by atoms with van der Waals surface area (Å²) >= 11 is 1.04. The molecule has 2 aromatic rings. The Kier molecular flexibility index (Phi) is 6.06. The van der Waals surface area contributed by atoms with Gasteiger partial charge in [0.05, 0.1) is 13.7 Å². The fourth-order valence-electron chi connectivity index (χ4n) is 3.88. The van der Waals surface area contributed by atoms with Crippen molar-refractivity contribution in [3.05, 3.63) is 65.0 Å². The summed E-state index contributed by atoms with van der Waals surface area (Å²) in [6.07, 6.45) is 0.401. The monoisotopic (exact) mass is 466 g/mol. The molecule has 0 saturated carbocycles. The lowest BCUT2D eigenvalue weighted by molar-refractivity contribution is -0.0845. The van der Waals surface area contributed by atoms with E-state index in [0.29, 0.717) is 17.7 Å². The zero-order valence-corrected chi connectivity index (χ0v) is 18.2. The Morgan fingerprint density at radius 2 is 2.03 bits per heavy atom. The van der Waals surface area contributed by atoms with E-state index in [-0.39, 0.29) is 23.8 Å². The first-order valence-electron chi connectivity index (χ1n) is 9.79. The molecule has 4 rings (SSSR count). The lowest BCUT2D eigenvalue weighted by Gasteiger charge is -2.45. The second-order valence-electron chi connectivity index (χ2n) is 7.33. The maximum absolute atomic E-state index is 14.6. The van der Waals surface area contributed by atoms with Crippen LogP contribution in [0.1, 0.15) is 17.5 Å². The number of fused-ring (bicyclic) bond motifs is 2. The number of benzene rings is 2. The minimum absolute atomic E-state index is 0.0685. The Morgan fingerprint density at radius 3 is 2.75 bits per heavy atom. The van der Waals surface area contributed by atoms with Crippen molar-refractivity contribution in [1.29, 1.82) is 0 Å². The van der Waals surface area contributed by atoms with Gasteiger partial charge in [-0.25, -0.2) is 23.0 Å². The molecule has 0 aromatic heterocycles. The van der Waals surface area contributed by atoms with Crippen molar-refractivity contribution in [2.24, 2.45) is 16.8 Å². The number of amides is 2. The highest BCUT2D eigenvalue weighted by molar-refractivity contribution is 8.15. The molecule has 2 aromatic carbocycles. The van der Waals surface area contributed by atoms with Crippen LogP contribution in [0.3, 0.4) is 0 Å². The highest BCUT2D eigenvalue weighted by Crippen LogP contribution is 2.57. The Morgan fingerprint density at radius 1 is 1.31 bits per heavy atom. The van der Waals surface area contributed by atoms with Crippen molar-refractivity contribution in [3.63, 3.8) is 0 Å². The first-order valence-corrected chi connectivity index (χ1v) is 10.6. The van der Waals surface area contributed by atoms with Gasteiger partial charge in [0.25, 0.3) is 0 Å². The van der Waals surface area contributed by atoms with Crippen LogP contribution in [0, 0.1) is 23.4 Å². The van der Waals surface area contributed by atoms with Gasteiger partial charge in [-0.2, -0.15) is 10.1 Å². The average molecular weight is 466 g/mol. The van der Waals surface area contributed by atoms with Crippen LogP contribution in [0.15, 0.2) is 41.5 Å². The summed E-state index contributed by atoms with van der Waals surface area (Å²) in [5, 5.41) is 6.53. The van der Waals surface area contributed by atoms with E-state index in [1.165, 1.54) is 32.4 Å². The smallest absolute Gasteiger partial charge is 0.365 e. The molecular weight excluding hydrogens is 445 g/mol. The van der Waals surface area contributed by atoms with Crippen LogP contribution in [0.25, 0.3) is 0 Å². The maximum Gasteiger partial charge on any atom is 0.365 e. The topological polar surface area (TPSA) is 80.4 Å². The van der Waals surface area contributed by atoms with Crippen molar-refractivity contribution in [2.75, 3.05) is 27.3 Å². The summed E-state index contributed by atoms with van der Waals surface area (Å²) in [7, 11) is 2.69. The predicted molar refractivity (Wildman–Crippen MR) is 113 cm³/mol. The molecule has 1 spiro atoms. The van der Waals surface area contributed by atoms with Crippen molar-refractivity contribution in [1.82, 2.24) is 10.1 Å². The summed E-state index contributed by atoms with van der Waals surface area (Å²) in [6, 6.07) is 6.29. The molecule has 7 nitrogen and oxygen atoms in total. The number of urea groups is 1. The molecule has 0 bridgehead atoms. The predicted octanol–water partition coefficient (Wildman–Crippen LogP) is 3.64.